The molecule has 9 nitrogen and oxygen atoms in total. The summed E-state index contributed by atoms with van der Waals surface area (Å²) in [4.78, 5) is 23.0. The zero-order valence-electron chi connectivity index (χ0n) is 17.6. The van der Waals surface area contributed by atoms with Crippen molar-refractivity contribution in [2.24, 2.45) is 11.7 Å². The fraction of sp³-hybridized carbons (Fsp3) is 0.500. The molecule has 0 aliphatic heterocycles. The van der Waals surface area contributed by atoms with Crippen LogP contribution in [0.2, 0.25) is 0 Å². The number of hydrogen-bond acceptors (Lipinski definition) is 5. The van der Waals surface area contributed by atoms with Gasteiger partial charge in [-0.3, -0.25) is 9.89 Å². The van der Waals surface area contributed by atoms with E-state index in [4.69, 9.17) is 15.6 Å². The lowest BCUT2D eigenvalue weighted by Crippen LogP contribution is -2.22. The highest BCUT2D eigenvalue weighted by molar-refractivity contribution is 5.91. The summed E-state index contributed by atoms with van der Waals surface area (Å²) >= 11 is 0. The number of aromatic nitrogens is 2. The van der Waals surface area contributed by atoms with Gasteiger partial charge in [0.05, 0.1) is 6.42 Å². The lowest BCUT2D eigenvalue weighted by molar-refractivity contribution is -0.115. The summed E-state index contributed by atoms with van der Waals surface area (Å²) in [5.74, 6) is 2.01. The topological polar surface area (TPSA) is 142 Å². The van der Waals surface area contributed by atoms with Crippen molar-refractivity contribution >= 4 is 17.8 Å². The number of amides is 2. The number of carboxylic acid groups (broad SMARTS) is 1. The van der Waals surface area contributed by atoms with Gasteiger partial charge in [0.1, 0.15) is 12.4 Å². The molecule has 0 saturated heterocycles. The number of benzene rings is 1. The van der Waals surface area contributed by atoms with Gasteiger partial charge in [0, 0.05) is 36.3 Å². The Kier molecular flexibility index (Phi) is 8.28. The number of H-pyrrole nitrogens is 1. The minimum atomic E-state index is -0.970. The summed E-state index contributed by atoms with van der Waals surface area (Å²) in [7, 11) is 0. The van der Waals surface area contributed by atoms with E-state index in [2.05, 4.69) is 20.8 Å². The number of rotatable bonds is 11. The molecular formula is C22H31N5O4. The SMILES string of the molecule is NCCOc1ccccc1CC(=O)Nc1cc(C2CCC(CCCNC(=O)O)C2)[nH]n1. The van der Waals surface area contributed by atoms with Crippen molar-refractivity contribution in [1.82, 2.24) is 15.5 Å². The lowest BCUT2D eigenvalue weighted by Gasteiger charge is -2.10. The van der Waals surface area contributed by atoms with Crippen LogP contribution in [-0.4, -0.2) is 47.0 Å². The highest BCUT2D eigenvalue weighted by Gasteiger charge is 2.27. The van der Waals surface area contributed by atoms with Crippen LogP contribution < -0.4 is 21.1 Å². The van der Waals surface area contributed by atoms with Crippen molar-refractivity contribution in [3.8, 4) is 5.75 Å². The van der Waals surface area contributed by atoms with Crippen LogP contribution >= 0.6 is 0 Å². The Morgan fingerprint density at radius 3 is 2.94 bits per heavy atom. The molecule has 1 aliphatic rings. The van der Waals surface area contributed by atoms with Gasteiger partial charge in [0.15, 0.2) is 5.82 Å². The lowest BCUT2D eigenvalue weighted by atomic mass is 9.98. The smallest absolute Gasteiger partial charge is 0.404 e. The molecule has 31 heavy (non-hydrogen) atoms. The maximum atomic E-state index is 12.5. The van der Waals surface area contributed by atoms with Gasteiger partial charge in [0.25, 0.3) is 0 Å². The molecule has 1 heterocycles. The predicted molar refractivity (Wildman–Crippen MR) is 117 cm³/mol. The number of carbonyl (C=O) groups is 2. The minimum Gasteiger partial charge on any atom is -0.492 e. The first-order valence-electron chi connectivity index (χ1n) is 10.8. The average Bonchev–Trinajstić information content (AvgIpc) is 3.40. The third-order valence-corrected chi connectivity index (χ3v) is 5.61. The standard InChI is InChI=1S/C22H31N5O4/c23-9-11-31-19-6-2-1-5-17(19)13-21(28)25-20-14-18(26-27-20)16-8-7-15(12-16)4-3-10-24-22(29)30/h1-2,5-6,14-16,24H,3-4,7-13,23H2,(H,29,30)(H2,25,26,27,28). The van der Waals surface area contributed by atoms with Gasteiger partial charge in [-0.05, 0) is 44.1 Å². The largest absolute Gasteiger partial charge is 0.492 e. The first-order chi connectivity index (χ1) is 15.0. The van der Waals surface area contributed by atoms with Crippen molar-refractivity contribution in [1.29, 1.82) is 0 Å². The normalized spacial score (nSPS) is 18.0. The first-order valence-corrected chi connectivity index (χ1v) is 10.8. The van der Waals surface area contributed by atoms with Gasteiger partial charge in [-0.15, -0.1) is 0 Å². The van der Waals surface area contributed by atoms with Crippen molar-refractivity contribution in [2.75, 3.05) is 25.0 Å². The Balaban J connectivity index is 1.47. The van der Waals surface area contributed by atoms with Gasteiger partial charge in [-0.2, -0.15) is 5.10 Å². The number of anilines is 1. The van der Waals surface area contributed by atoms with Crippen LogP contribution in [0.25, 0.3) is 0 Å². The van der Waals surface area contributed by atoms with Crippen LogP contribution in [0.15, 0.2) is 30.3 Å². The molecule has 0 radical (unpaired) electrons. The van der Waals surface area contributed by atoms with Gasteiger partial charge >= 0.3 is 6.09 Å². The highest BCUT2D eigenvalue weighted by Crippen LogP contribution is 2.40. The number of aromatic amines is 1. The second-order valence-electron chi connectivity index (χ2n) is 7.93. The molecule has 1 aromatic carbocycles. The van der Waals surface area contributed by atoms with Gasteiger partial charge < -0.3 is 26.2 Å². The van der Waals surface area contributed by atoms with Crippen LogP contribution in [0.1, 0.15) is 49.3 Å². The zero-order valence-corrected chi connectivity index (χ0v) is 17.6. The monoisotopic (exact) mass is 429 g/mol. The number of hydrogen-bond donors (Lipinski definition) is 5. The summed E-state index contributed by atoms with van der Waals surface area (Å²) in [6.45, 7) is 1.31. The number of para-hydroxylation sites is 1. The van der Waals surface area contributed by atoms with Crippen molar-refractivity contribution in [3.63, 3.8) is 0 Å². The molecule has 6 N–H and O–H groups in total. The summed E-state index contributed by atoms with van der Waals surface area (Å²) in [6, 6.07) is 9.35. The maximum absolute atomic E-state index is 12.5. The number of nitrogens with two attached hydrogens (primary N) is 1. The maximum Gasteiger partial charge on any atom is 0.404 e. The molecule has 0 spiro atoms. The molecule has 1 fully saturated rings. The van der Waals surface area contributed by atoms with Gasteiger partial charge in [0.2, 0.25) is 5.91 Å². The molecule has 2 aromatic rings. The molecule has 2 amide bonds. The van der Waals surface area contributed by atoms with E-state index >= 15 is 0 Å². The Bertz CT molecular complexity index is 869. The summed E-state index contributed by atoms with van der Waals surface area (Å²) in [6.07, 6.45) is 4.33. The van der Waals surface area contributed by atoms with Crippen molar-refractivity contribution in [3.05, 3.63) is 41.6 Å². The molecule has 9 heteroatoms. The molecule has 0 bridgehead atoms. The fourth-order valence-electron chi connectivity index (χ4n) is 4.14. The Hall–Kier alpha value is -3.07. The minimum absolute atomic E-state index is 0.155. The summed E-state index contributed by atoms with van der Waals surface area (Å²) in [5, 5.41) is 21.2. The van der Waals surface area contributed by atoms with E-state index < -0.39 is 6.09 Å². The van der Waals surface area contributed by atoms with E-state index in [1.165, 1.54) is 0 Å². The summed E-state index contributed by atoms with van der Waals surface area (Å²) < 4.78 is 5.61. The number of nitrogens with one attached hydrogen (secondary N) is 3. The van der Waals surface area contributed by atoms with E-state index in [1.807, 2.05) is 30.3 Å². The van der Waals surface area contributed by atoms with Gasteiger partial charge in [-0.25, -0.2) is 4.79 Å². The molecule has 3 rings (SSSR count). The molecule has 1 aromatic heterocycles. The summed E-state index contributed by atoms with van der Waals surface area (Å²) in [5.41, 5.74) is 7.33. The molecule has 168 valence electrons. The molecule has 2 atom stereocenters. The first kappa shape index (κ1) is 22.6. The third kappa shape index (κ3) is 6.99. The van der Waals surface area contributed by atoms with Crippen molar-refractivity contribution in [2.45, 2.75) is 44.4 Å². The molecule has 1 saturated carbocycles. The van der Waals surface area contributed by atoms with Crippen LogP contribution in [0.5, 0.6) is 5.75 Å². The number of nitrogens with zero attached hydrogens (tertiary/aromatic N) is 1. The number of carbonyl (C=O) groups excluding carboxylic acids is 1. The van der Waals surface area contributed by atoms with E-state index in [0.717, 1.165) is 43.4 Å². The fourth-order valence-corrected chi connectivity index (χ4v) is 4.14. The van der Waals surface area contributed by atoms with Crippen LogP contribution in [0.4, 0.5) is 10.6 Å². The highest BCUT2D eigenvalue weighted by atomic mass is 16.5. The Morgan fingerprint density at radius 1 is 1.29 bits per heavy atom. The number of ether oxygens (including phenoxy) is 1. The second-order valence-corrected chi connectivity index (χ2v) is 7.93. The van der Waals surface area contributed by atoms with Crippen LogP contribution in [0.3, 0.4) is 0 Å². The Morgan fingerprint density at radius 2 is 2.13 bits per heavy atom. The second kappa shape index (κ2) is 11.4. The van der Waals surface area contributed by atoms with E-state index in [0.29, 0.717) is 43.1 Å². The predicted octanol–water partition coefficient (Wildman–Crippen LogP) is 2.86. The third-order valence-electron chi connectivity index (χ3n) is 5.61. The quantitative estimate of drug-likeness (QED) is 0.348. The molecule has 2 unspecified atom stereocenters. The Labute approximate surface area is 181 Å². The molecule has 1 aliphatic carbocycles. The van der Waals surface area contributed by atoms with Crippen LogP contribution in [-0.2, 0) is 11.2 Å². The zero-order chi connectivity index (χ0) is 22.1. The van der Waals surface area contributed by atoms with E-state index in [-0.39, 0.29) is 12.3 Å². The van der Waals surface area contributed by atoms with E-state index in [1.54, 1.807) is 0 Å². The van der Waals surface area contributed by atoms with Crippen molar-refractivity contribution < 1.29 is 19.4 Å². The van der Waals surface area contributed by atoms with Gasteiger partial charge in [-0.1, -0.05) is 18.2 Å². The van der Waals surface area contributed by atoms with Crippen LogP contribution in [0, 0.1) is 5.92 Å². The average molecular weight is 430 g/mol. The molecular weight excluding hydrogens is 398 g/mol. The van der Waals surface area contributed by atoms with E-state index in [9.17, 15) is 9.59 Å².